The average molecular weight is 196 g/mol. The van der Waals surface area contributed by atoms with E-state index >= 15 is 0 Å². The molecule has 0 aliphatic carbocycles. The molecule has 0 aromatic carbocycles. The van der Waals surface area contributed by atoms with E-state index in [4.69, 9.17) is 0 Å². The molecule has 6 heavy (non-hydrogen) atoms. The molecule has 1 aliphatic heterocycles. The van der Waals surface area contributed by atoms with Crippen molar-refractivity contribution in [1.29, 1.82) is 0 Å². The summed E-state index contributed by atoms with van der Waals surface area (Å²) in [7, 11) is 0. The quantitative estimate of drug-likeness (QED) is 0.533. The normalized spacial score (nSPS) is 17.2. The molecule has 0 aromatic rings. The summed E-state index contributed by atoms with van der Waals surface area (Å²) in [6.07, 6.45) is 2.07. The monoisotopic (exact) mass is 198 g/mol. The number of allylic oxidation sites excluding steroid dienone is 1. The van der Waals surface area contributed by atoms with Crippen LogP contribution < -0.4 is 5.32 Å². The van der Waals surface area contributed by atoms with E-state index in [0.717, 1.165) is 0 Å². The Balaban J connectivity index is 2.68. The van der Waals surface area contributed by atoms with Crippen LogP contribution in [0.15, 0.2) is 9.82 Å². The van der Waals surface area contributed by atoms with Gasteiger partial charge in [0.1, 0.15) is 0 Å². The molecule has 1 heterocycles. The number of hydrogen-bond acceptors (Lipinski definition) is 1. The van der Waals surface area contributed by atoms with Crippen LogP contribution in [0.2, 0.25) is 0 Å². The van der Waals surface area contributed by atoms with Gasteiger partial charge in [0.15, 0.2) is 0 Å². The van der Waals surface area contributed by atoms with E-state index in [-0.39, 0.29) is 20.5 Å². The summed E-state index contributed by atoms with van der Waals surface area (Å²) in [6.45, 7) is 2.17. The molecule has 0 bridgehead atoms. The summed E-state index contributed by atoms with van der Waals surface area (Å²) in [6, 6.07) is 0. The van der Waals surface area contributed by atoms with Crippen molar-refractivity contribution < 1.29 is 0 Å². The Morgan fingerprint density at radius 3 is 2.83 bits per heavy atom. The van der Waals surface area contributed by atoms with Crippen molar-refractivity contribution in [3.05, 3.63) is 9.82 Å². The van der Waals surface area contributed by atoms with Crippen molar-refractivity contribution >= 4 is 24.6 Å². The fraction of sp³-hybridized carbons (Fsp3) is 0.250. The summed E-state index contributed by atoms with van der Waals surface area (Å²) < 4.78 is 3.71. The van der Waals surface area contributed by atoms with Crippen LogP contribution in [0.3, 0.4) is 0 Å². The van der Waals surface area contributed by atoms with Gasteiger partial charge in [-0.3, -0.25) is 0 Å². The maximum absolute atomic E-state index is 3.04. The zero-order valence-electron chi connectivity index (χ0n) is 3.56. The molecule has 1 rings (SSSR count). The van der Waals surface area contributed by atoms with E-state index in [0.29, 0.717) is 0 Å². The fourth-order valence-corrected chi connectivity index (χ4v) is 1.62. The number of hydrogen-bond donors (Lipinski definition) is 1. The van der Waals surface area contributed by atoms with Crippen LogP contribution in [0.4, 0.5) is 0 Å². The molecule has 1 aliphatic rings. The zero-order chi connectivity index (χ0) is 4.41. The van der Waals surface area contributed by atoms with Crippen molar-refractivity contribution in [2.24, 2.45) is 0 Å². The molecular formula is C4H6NTe. The predicted molar refractivity (Wildman–Crippen MR) is 28.7 cm³/mol. The van der Waals surface area contributed by atoms with Gasteiger partial charge in [-0.2, -0.15) is 0 Å². The summed E-state index contributed by atoms with van der Waals surface area (Å²) in [4.78, 5) is 0. The molecular weight excluding hydrogens is 190 g/mol. The molecule has 0 saturated carbocycles. The van der Waals surface area contributed by atoms with Crippen LogP contribution in [0.5, 0.6) is 0 Å². The molecule has 33 valence electrons. The van der Waals surface area contributed by atoms with Crippen molar-refractivity contribution in [2.45, 2.75) is 6.92 Å². The third-order valence-corrected chi connectivity index (χ3v) is 2.72. The van der Waals surface area contributed by atoms with Crippen LogP contribution in [-0.4, -0.2) is 24.6 Å². The van der Waals surface area contributed by atoms with Gasteiger partial charge in [0, 0.05) is 0 Å². The molecule has 0 saturated heterocycles. The topological polar surface area (TPSA) is 12.0 Å². The average Bonchev–Trinajstić information content (AvgIpc) is 1.86. The van der Waals surface area contributed by atoms with Gasteiger partial charge in [0.05, 0.1) is 0 Å². The molecule has 0 atom stereocenters. The summed E-state index contributed by atoms with van der Waals surface area (Å²) in [5.74, 6) is 0. The van der Waals surface area contributed by atoms with Gasteiger partial charge in [-0.05, 0) is 0 Å². The standard InChI is InChI=1S/C4H6NTe/c1-4-2-5-3-6-4/h2-3,5H,1H3. The minimum absolute atomic E-state index is 0.158. The first-order valence-corrected chi connectivity index (χ1v) is 4.32. The van der Waals surface area contributed by atoms with E-state index in [1.807, 2.05) is 0 Å². The molecule has 0 unspecified atom stereocenters. The second-order valence-electron chi connectivity index (χ2n) is 1.16. The van der Waals surface area contributed by atoms with E-state index in [9.17, 15) is 0 Å². The van der Waals surface area contributed by atoms with E-state index in [1.54, 1.807) is 3.62 Å². The molecule has 0 fully saturated rings. The van der Waals surface area contributed by atoms with Gasteiger partial charge >= 0.3 is 46.7 Å². The summed E-state index contributed by atoms with van der Waals surface area (Å²) in [5.41, 5.74) is 0. The molecule has 0 amide bonds. The van der Waals surface area contributed by atoms with E-state index in [2.05, 4.69) is 22.6 Å². The van der Waals surface area contributed by atoms with Gasteiger partial charge in [-0.15, -0.1) is 0 Å². The third kappa shape index (κ3) is 0.829. The number of rotatable bonds is 0. The maximum atomic E-state index is 3.04. The second kappa shape index (κ2) is 1.77. The molecule has 0 aromatic heterocycles. The Morgan fingerprint density at radius 2 is 2.67 bits per heavy atom. The zero-order valence-corrected chi connectivity index (χ0v) is 5.89. The van der Waals surface area contributed by atoms with Crippen molar-refractivity contribution in [1.82, 2.24) is 5.32 Å². The van der Waals surface area contributed by atoms with Crippen LogP contribution in [0.1, 0.15) is 6.92 Å². The summed E-state index contributed by atoms with van der Waals surface area (Å²) >= 11 is 0.158. The van der Waals surface area contributed by atoms with Crippen LogP contribution in [0.25, 0.3) is 0 Å². The first-order valence-electron chi connectivity index (χ1n) is 1.81. The first-order chi connectivity index (χ1) is 2.89. The van der Waals surface area contributed by atoms with Crippen LogP contribution in [-0.2, 0) is 0 Å². The van der Waals surface area contributed by atoms with Gasteiger partial charge in [-0.1, -0.05) is 0 Å². The van der Waals surface area contributed by atoms with Gasteiger partial charge in [0.2, 0.25) is 0 Å². The van der Waals surface area contributed by atoms with Crippen molar-refractivity contribution in [3.63, 3.8) is 0 Å². The third-order valence-electron chi connectivity index (χ3n) is 0.599. The van der Waals surface area contributed by atoms with Gasteiger partial charge in [0.25, 0.3) is 0 Å². The predicted octanol–water partition coefficient (Wildman–Crippen LogP) is -0.0852. The first kappa shape index (κ1) is 4.36. The second-order valence-corrected chi connectivity index (χ2v) is 4.34. The molecule has 2 heteroatoms. The molecule has 1 N–H and O–H groups in total. The Kier molecular flexibility index (Phi) is 1.29. The van der Waals surface area contributed by atoms with Crippen molar-refractivity contribution in [3.8, 4) is 0 Å². The Labute approximate surface area is 47.0 Å². The Bertz CT molecular complexity index is 101. The van der Waals surface area contributed by atoms with E-state index < -0.39 is 0 Å². The van der Waals surface area contributed by atoms with Crippen LogP contribution >= 0.6 is 0 Å². The Morgan fingerprint density at radius 1 is 1.83 bits per heavy atom. The molecule has 1 nitrogen and oxygen atoms in total. The van der Waals surface area contributed by atoms with E-state index in [1.165, 1.54) is 0 Å². The number of nitrogens with one attached hydrogen (secondary N) is 1. The summed E-state index contributed by atoms with van der Waals surface area (Å²) in [5, 5.41) is 3.04. The van der Waals surface area contributed by atoms with Crippen LogP contribution in [0, 0.1) is 0 Å². The SMILES string of the molecule is CC1=CNC=[Te]1. The van der Waals surface area contributed by atoms with Gasteiger partial charge in [-0.25, -0.2) is 0 Å². The van der Waals surface area contributed by atoms with Gasteiger partial charge < -0.3 is 0 Å². The fourth-order valence-electron chi connectivity index (χ4n) is 0.312. The minimum atomic E-state index is 0.158. The Hall–Kier alpha value is 0.200. The van der Waals surface area contributed by atoms with Crippen molar-refractivity contribution in [2.75, 3.05) is 0 Å². The molecule has 0 spiro atoms. The molecule has 1 radical (unpaired) electrons.